The number of rotatable bonds is 5. The quantitative estimate of drug-likeness (QED) is 0.905. The summed E-state index contributed by atoms with van der Waals surface area (Å²) in [6.45, 7) is 7.34. The smallest absolute Gasteiger partial charge is 0.249 e. The Morgan fingerprint density at radius 1 is 1.21 bits per heavy atom. The van der Waals surface area contributed by atoms with Crippen molar-refractivity contribution in [3.05, 3.63) is 24.1 Å². The van der Waals surface area contributed by atoms with Crippen molar-refractivity contribution in [2.75, 3.05) is 14.2 Å². The van der Waals surface area contributed by atoms with Gasteiger partial charge in [0.25, 0.3) is 0 Å². The standard InChI is InChI=1S/C17H23N3O4/c1-10(18-16(21)17(2,3)4)15-19-14(20-24-15)11-7-8-12(22-5)13(9-11)23-6/h7-10H,1-6H3,(H,18,21)/t10-/m1/s1. The van der Waals surface area contributed by atoms with E-state index in [-0.39, 0.29) is 11.9 Å². The van der Waals surface area contributed by atoms with Crippen molar-refractivity contribution < 1.29 is 18.8 Å². The molecule has 0 saturated carbocycles. The van der Waals surface area contributed by atoms with Crippen LogP contribution in [0.25, 0.3) is 11.4 Å². The highest BCUT2D eigenvalue weighted by Gasteiger charge is 2.25. The predicted octanol–water partition coefficient (Wildman–Crippen LogP) is 2.98. The minimum absolute atomic E-state index is 0.0825. The molecule has 0 fully saturated rings. The average Bonchev–Trinajstić information content (AvgIpc) is 3.03. The molecule has 0 aliphatic heterocycles. The molecule has 1 N–H and O–H groups in total. The average molecular weight is 333 g/mol. The number of ether oxygens (including phenoxy) is 2. The zero-order valence-electron chi connectivity index (χ0n) is 14.8. The predicted molar refractivity (Wildman–Crippen MR) is 88.9 cm³/mol. The Balaban J connectivity index is 2.20. The maximum absolute atomic E-state index is 12.0. The molecule has 0 radical (unpaired) electrons. The van der Waals surface area contributed by atoms with Gasteiger partial charge >= 0.3 is 0 Å². The van der Waals surface area contributed by atoms with Crippen LogP contribution in [-0.2, 0) is 4.79 Å². The molecule has 0 bridgehead atoms. The highest BCUT2D eigenvalue weighted by Crippen LogP contribution is 2.31. The number of aromatic nitrogens is 2. The van der Waals surface area contributed by atoms with E-state index in [1.54, 1.807) is 33.3 Å². The van der Waals surface area contributed by atoms with Gasteiger partial charge in [0, 0.05) is 11.0 Å². The van der Waals surface area contributed by atoms with Crippen molar-refractivity contribution >= 4 is 5.91 Å². The van der Waals surface area contributed by atoms with Gasteiger partial charge in [-0.2, -0.15) is 4.98 Å². The highest BCUT2D eigenvalue weighted by molar-refractivity contribution is 5.81. The Morgan fingerprint density at radius 2 is 1.88 bits per heavy atom. The molecule has 1 atom stereocenters. The Morgan fingerprint density at radius 3 is 2.46 bits per heavy atom. The summed E-state index contributed by atoms with van der Waals surface area (Å²) in [5.41, 5.74) is 0.248. The van der Waals surface area contributed by atoms with Gasteiger partial charge in [-0.15, -0.1) is 0 Å². The number of nitrogens with one attached hydrogen (secondary N) is 1. The van der Waals surface area contributed by atoms with Crippen LogP contribution in [0.2, 0.25) is 0 Å². The Labute approximate surface area is 141 Å². The van der Waals surface area contributed by atoms with Crippen molar-refractivity contribution in [1.29, 1.82) is 0 Å². The molecule has 0 spiro atoms. The third kappa shape index (κ3) is 3.84. The van der Waals surface area contributed by atoms with E-state index in [0.717, 1.165) is 5.56 Å². The molecule has 130 valence electrons. The van der Waals surface area contributed by atoms with Crippen molar-refractivity contribution in [3.63, 3.8) is 0 Å². The van der Waals surface area contributed by atoms with Crippen molar-refractivity contribution in [3.8, 4) is 22.9 Å². The van der Waals surface area contributed by atoms with Crippen molar-refractivity contribution in [2.45, 2.75) is 33.7 Å². The molecule has 2 aromatic rings. The van der Waals surface area contributed by atoms with E-state index in [2.05, 4.69) is 15.5 Å². The van der Waals surface area contributed by atoms with Crippen LogP contribution in [0.4, 0.5) is 0 Å². The van der Waals surface area contributed by atoms with Crippen LogP contribution in [-0.4, -0.2) is 30.3 Å². The zero-order valence-corrected chi connectivity index (χ0v) is 14.8. The maximum atomic E-state index is 12.0. The molecule has 1 heterocycles. The van der Waals surface area contributed by atoms with Gasteiger partial charge in [0.15, 0.2) is 11.5 Å². The summed E-state index contributed by atoms with van der Waals surface area (Å²) in [6.07, 6.45) is 0. The topological polar surface area (TPSA) is 86.5 Å². The number of carbonyl (C=O) groups excluding carboxylic acids is 1. The normalized spacial score (nSPS) is 12.6. The zero-order chi connectivity index (χ0) is 17.9. The summed E-state index contributed by atoms with van der Waals surface area (Å²) >= 11 is 0. The molecule has 24 heavy (non-hydrogen) atoms. The molecular formula is C17H23N3O4. The summed E-state index contributed by atoms with van der Waals surface area (Å²) in [7, 11) is 3.14. The third-order valence-electron chi connectivity index (χ3n) is 3.48. The summed E-state index contributed by atoms with van der Waals surface area (Å²) in [5, 5.41) is 6.84. The molecule has 7 nitrogen and oxygen atoms in total. The molecule has 0 aliphatic carbocycles. The largest absolute Gasteiger partial charge is 0.493 e. The second kappa shape index (κ2) is 6.90. The summed E-state index contributed by atoms with van der Waals surface area (Å²) in [5.74, 6) is 1.88. The summed E-state index contributed by atoms with van der Waals surface area (Å²) < 4.78 is 15.8. The highest BCUT2D eigenvalue weighted by atomic mass is 16.5. The molecule has 0 unspecified atom stereocenters. The monoisotopic (exact) mass is 333 g/mol. The third-order valence-corrected chi connectivity index (χ3v) is 3.48. The van der Waals surface area contributed by atoms with E-state index in [4.69, 9.17) is 14.0 Å². The van der Waals surface area contributed by atoms with Gasteiger partial charge in [-0.3, -0.25) is 4.79 Å². The first-order valence-electron chi connectivity index (χ1n) is 7.63. The SMILES string of the molecule is COc1ccc(-c2noc([C@@H](C)NC(=O)C(C)(C)C)n2)cc1OC. The van der Waals surface area contributed by atoms with E-state index >= 15 is 0 Å². The van der Waals surface area contributed by atoms with Crippen LogP contribution >= 0.6 is 0 Å². The molecule has 7 heteroatoms. The molecule has 0 saturated heterocycles. The number of carbonyl (C=O) groups is 1. The lowest BCUT2D eigenvalue weighted by molar-refractivity contribution is -0.129. The number of benzene rings is 1. The number of hydrogen-bond acceptors (Lipinski definition) is 6. The van der Waals surface area contributed by atoms with Crippen LogP contribution in [0.1, 0.15) is 39.6 Å². The minimum Gasteiger partial charge on any atom is -0.493 e. The second-order valence-corrected chi connectivity index (χ2v) is 6.47. The van der Waals surface area contributed by atoms with Gasteiger partial charge in [0.05, 0.1) is 14.2 Å². The van der Waals surface area contributed by atoms with Crippen LogP contribution < -0.4 is 14.8 Å². The van der Waals surface area contributed by atoms with Gasteiger partial charge in [-0.05, 0) is 25.1 Å². The van der Waals surface area contributed by atoms with E-state index < -0.39 is 5.41 Å². The fraction of sp³-hybridized carbons (Fsp3) is 0.471. The molecule has 1 aromatic carbocycles. The number of nitrogens with zero attached hydrogens (tertiary/aromatic N) is 2. The van der Waals surface area contributed by atoms with E-state index in [1.807, 2.05) is 26.8 Å². The first-order valence-corrected chi connectivity index (χ1v) is 7.63. The lowest BCUT2D eigenvalue weighted by atomic mass is 9.95. The number of methoxy groups -OCH3 is 2. The summed E-state index contributed by atoms with van der Waals surface area (Å²) in [4.78, 5) is 16.4. The lowest BCUT2D eigenvalue weighted by Crippen LogP contribution is -2.36. The van der Waals surface area contributed by atoms with Gasteiger partial charge < -0.3 is 19.3 Å². The van der Waals surface area contributed by atoms with Crippen LogP contribution in [0.15, 0.2) is 22.7 Å². The molecular weight excluding hydrogens is 310 g/mol. The van der Waals surface area contributed by atoms with Crippen LogP contribution in [0.5, 0.6) is 11.5 Å². The minimum atomic E-state index is -0.486. The fourth-order valence-corrected chi connectivity index (χ4v) is 1.98. The van der Waals surface area contributed by atoms with Crippen LogP contribution in [0, 0.1) is 5.41 Å². The Hall–Kier alpha value is -2.57. The van der Waals surface area contributed by atoms with Gasteiger partial charge in [-0.25, -0.2) is 0 Å². The molecule has 1 amide bonds. The molecule has 2 rings (SSSR count). The van der Waals surface area contributed by atoms with E-state index in [9.17, 15) is 4.79 Å². The van der Waals surface area contributed by atoms with Gasteiger partial charge in [0.1, 0.15) is 6.04 Å². The maximum Gasteiger partial charge on any atom is 0.249 e. The second-order valence-electron chi connectivity index (χ2n) is 6.47. The van der Waals surface area contributed by atoms with E-state index in [1.165, 1.54) is 0 Å². The number of hydrogen-bond donors (Lipinski definition) is 1. The molecule has 0 aliphatic rings. The lowest BCUT2D eigenvalue weighted by Gasteiger charge is -2.19. The molecule has 1 aromatic heterocycles. The first-order chi connectivity index (χ1) is 11.3. The van der Waals surface area contributed by atoms with E-state index in [0.29, 0.717) is 23.2 Å². The van der Waals surface area contributed by atoms with Crippen molar-refractivity contribution in [2.24, 2.45) is 5.41 Å². The Kier molecular flexibility index (Phi) is 5.11. The Bertz CT molecular complexity index is 719. The van der Waals surface area contributed by atoms with Gasteiger partial charge in [-0.1, -0.05) is 25.9 Å². The number of amides is 1. The fourth-order valence-electron chi connectivity index (χ4n) is 1.98. The van der Waals surface area contributed by atoms with Crippen LogP contribution in [0.3, 0.4) is 0 Å². The van der Waals surface area contributed by atoms with Gasteiger partial charge in [0.2, 0.25) is 17.6 Å². The van der Waals surface area contributed by atoms with Crippen molar-refractivity contribution in [1.82, 2.24) is 15.5 Å². The first kappa shape index (κ1) is 17.8. The summed E-state index contributed by atoms with van der Waals surface area (Å²) in [6, 6.07) is 4.98.